The molecule has 0 bridgehead atoms. The zero-order chi connectivity index (χ0) is 14.0. The highest BCUT2D eigenvalue weighted by atomic mass is 16.3. The minimum Gasteiger partial charge on any atom is -0.382 e. The first-order valence-corrected chi connectivity index (χ1v) is 7.90. The Kier molecular flexibility index (Phi) is 4.11. The Bertz CT molecular complexity index is 414. The molecule has 0 heterocycles. The predicted molar refractivity (Wildman–Crippen MR) is 81.3 cm³/mol. The molecule has 110 valence electrons. The van der Waals surface area contributed by atoms with Crippen LogP contribution in [0.1, 0.15) is 31.2 Å². The molecule has 0 aliphatic heterocycles. The Morgan fingerprint density at radius 3 is 2.05 bits per heavy atom. The average molecular weight is 274 g/mol. The molecule has 1 aromatic rings. The van der Waals surface area contributed by atoms with Crippen LogP contribution in [-0.2, 0) is 5.60 Å². The van der Waals surface area contributed by atoms with E-state index in [1.165, 1.54) is 25.7 Å². The van der Waals surface area contributed by atoms with Gasteiger partial charge in [-0.05, 0) is 43.1 Å². The molecule has 0 radical (unpaired) electrons. The third kappa shape index (κ3) is 3.60. The number of nitrogens with zero attached hydrogens (tertiary/aromatic N) is 1. The minimum absolute atomic E-state index is 0.281. The molecule has 2 aliphatic rings. The summed E-state index contributed by atoms with van der Waals surface area (Å²) in [7, 11) is 0. The van der Waals surface area contributed by atoms with E-state index in [-0.39, 0.29) is 6.54 Å². The summed E-state index contributed by atoms with van der Waals surface area (Å²) in [6, 6.07) is 9.90. The van der Waals surface area contributed by atoms with Crippen LogP contribution in [0, 0.1) is 11.8 Å². The van der Waals surface area contributed by atoms with Crippen molar-refractivity contribution in [3.8, 4) is 0 Å². The highest BCUT2D eigenvalue weighted by molar-refractivity contribution is 5.23. The lowest BCUT2D eigenvalue weighted by Gasteiger charge is -2.34. The van der Waals surface area contributed by atoms with Crippen molar-refractivity contribution in [1.82, 2.24) is 4.90 Å². The molecule has 1 atom stereocenters. The van der Waals surface area contributed by atoms with Gasteiger partial charge in [0, 0.05) is 26.2 Å². The Labute approximate surface area is 121 Å². The molecule has 0 amide bonds. The van der Waals surface area contributed by atoms with Crippen LogP contribution in [-0.4, -0.2) is 36.2 Å². The van der Waals surface area contributed by atoms with E-state index in [0.717, 1.165) is 30.5 Å². The standard InChI is InChI=1S/C17H26N2O/c18-12-17(20,16-4-2-1-3-5-16)13-19(10-14-6-7-14)11-15-8-9-15/h1-5,14-15,20H,6-13,18H2. The van der Waals surface area contributed by atoms with Gasteiger partial charge in [-0.3, -0.25) is 4.90 Å². The van der Waals surface area contributed by atoms with Crippen LogP contribution in [0.5, 0.6) is 0 Å². The summed E-state index contributed by atoms with van der Waals surface area (Å²) in [6.07, 6.45) is 5.42. The fourth-order valence-corrected chi connectivity index (χ4v) is 2.93. The third-order valence-electron chi connectivity index (χ3n) is 4.56. The van der Waals surface area contributed by atoms with Crippen molar-refractivity contribution in [3.63, 3.8) is 0 Å². The Morgan fingerprint density at radius 1 is 1.05 bits per heavy atom. The first kappa shape index (κ1) is 14.1. The molecule has 20 heavy (non-hydrogen) atoms. The van der Waals surface area contributed by atoms with Gasteiger partial charge in [-0.25, -0.2) is 0 Å². The van der Waals surface area contributed by atoms with Gasteiger partial charge in [0.05, 0.1) is 0 Å². The van der Waals surface area contributed by atoms with Crippen LogP contribution in [0.25, 0.3) is 0 Å². The van der Waals surface area contributed by atoms with Crippen molar-refractivity contribution in [2.45, 2.75) is 31.3 Å². The van der Waals surface area contributed by atoms with E-state index in [9.17, 15) is 5.11 Å². The highest BCUT2D eigenvalue weighted by Crippen LogP contribution is 2.35. The number of aliphatic hydroxyl groups is 1. The molecule has 0 spiro atoms. The van der Waals surface area contributed by atoms with Crippen LogP contribution < -0.4 is 5.73 Å². The first-order chi connectivity index (χ1) is 9.69. The summed E-state index contributed by atoms with van der Waals surface area (Å²) in [4.78, 5) is 2.45. The molecule has 3 N–H and O–H groups in total. The van der Waals surface area contributed by atoms with Gasteiger partial charge in [-0.1, -0.05) is 30.3 Å². The van der Waals surface area contributed by atoms with E-state index in [2.05, 4.69) is 4.90 Å². The quantitative estimate of drug-likeness (QED) is 0.762. The van der Waals surface area contributed by atoms with Gasteiger partial charge in [0.25, 0.3) is 0 Å². The number of hydrogen-bond donors (Lipinski definition) is 2. The molecule has 1 unspecified atom stereocenters. The van der Waals surface area contributed by atoms with E-state index in [4.69, 9.17) is 5.73 Å². The minimum atomic E-state index is -0.912. The lowest BCUT2D eigenvalue weighted by molar-refractivity contribution is 0.00419. The second kappa shape index (κ2) is 5.84. The van der Waals surface area contributed by atoms with Crippen LogP contribution in [0.2, 0.25) is 0 Å². The average Bonchev–Trinajstić information content (AvgIpc) is 3.36. The van der Waals surface area contributed by atoms with Gasteiger partial charge in [0.15, 0.2) is 0 Å². The zero-order valence-electron chi connectivity index (χ0n) is 12.2. The molecular weight excluding hydrogens is 248 g/mol. The summed E-state index contributed by atoms with van der Waals surface area (Å²) in [5, 5.41) is 11.0. The lowest BCUT2D eigenvalue weighted by Crippen LogP contribution is -2.47. The maximum absolute atomic E-state index is 11.0. The number of rotatable bonds is 8. The number of hydrogen-bond acceptors (Lipinski definition) is 3. The lowest BCUT2D eigenvalue weighted by atomic mass is 9.93. The number of nitrogens with two attached hydrogens (primary N) is 1. The van der Waals surface area contributed by atoms with Gasteiger partial charge in [-0.2, -0.15) is 0 Å². The Morgan fingerprint density at radius 2 is 1.60 bits per heavy atom. The third-order valence-corrected chi connectivity index (χ3v) is 4.56. The topological polar surface area (TPSA) is 49.5 Å². The second-order valence-corrected chi connectivity index (χ2v) is 6.68. The normalized spacial score (nSPS) is 21.9. The maximum atomic E-state index is 11.0. The monoisotopic (exact) mass is 274 g/mol. The molecule has 3 rings (SSSR count). The van der Waals surface area contributed by atoms with E-state index in [1.807, 2.05) is 30.3 Å². The van der Waals surface area contributed by atoms with E-state index in [0.29, 0.717) is 6.54 Å². The van der Waals surface area contributed by atoms with Gasteiger partial charge in [0.2, 0.25) is 0 Å². The first-order valence-electron chi connectivity index (χ1n) is 7.90. The molecule has 2 saturated carbocycles. The summed E-state index contributed by atoms with van der Waals surface area (Å²) >= 11 is 0. The van der Waals surface area contributed by atoms with Crippen LogP contribution in [0.3, 0.4) is 0 Å². The van der Waals surface area contributed by atoms with E-state index in [1.54, 1.807) is 0 Å². The molecule has 0 aromatic heterocycles. The smallest absolute Gasteiger partial charge is 0.114 e. The van der Waals surface area contributed by atoms with Gasteiger partial charge >= 0.3 is 0 Å². The summed E-state index contributed by atoms with van der Waals surface area (Å²) in [5.41, 5.74) is 5.94. The summed E-state index contributed by atoms with van der Waals surface area (Å²) in [5.74, 6) is 1.71. The second-order valence-electron chi connectivity index (χ2n) is 6.68. The highest BCUT2D eigenvalue weighted by Gasteiger charge is 2.35. The van der Waals surface area contributed by atoms with Crippen LogP contribution in [0.4, 0.5) is 0 Å². The predicted octanol–water partition coefficient (Wildman–Crippen LogP) is 1.95. The fourth-order valence-electron chi connectivity index (χ4n) is 2.93. The van der Waals surface area contributed by atoms with Gasteiger partial charge in [-0.15, -0.1) is 0 Å². The molecule has 1 aromatic carbocycles. The van der Waals surface area contributed by atoms with Crippen molar-refractivity contribution in [2.75, 3.05) is 26.2 Å². The molecule has 2 aliphatic carbocycles. The Balaban J connectivity index is 1.69. The van der Waals surface area contributed by atoms with Crippen molar-refractivity contribution < 1.29 is 5.11 Å². The Hall–Kier alpha value is -0.900. The molecule has 3 heteroatoms. The van der Waals surface area contributed by atoms with Crippen molar-refractivity contribution in [1.29, 1.82) is 0 Å². The zero-order valence-corrected chi connectivity index (χ0v) is 12.2. The summed E-state index contributed by atoms with van der Waals surface area (Å²) < 4.78 is 0. The largest absolute Gasteiger partial charge is 0.382 e. The molecule has 2 fully saturated rings. The number of benzene rings is 1. The van der Waals surface area contributed by atoms with Gasteiger partial charge < -0.3 is 10.8 Å². The van der Waals surface area contributed by atoms with Crippen LogP contribution >= 0.6 is 0 Å². The van der Waals surface area contributed by atoms with Crippen molar-refractivity contribution >= 4 is 0 Å². The van der Waals surface area contributed by atoms with E-state index < -0.39 is 5.60 Å². The summed E-state index contributed by atoms with van der Waals surface area (Å²) in [6.45, 7) is 3.21. The fraction of sp³-hybridized carbons (Fsp3) is 0.647. The maximum Gasteiger partial charge on any atom is 0.114 e. The SMILES string of the molecule is NCC(O)(CN(CC1CC1)CC1CC1)c1ccccc1. The molecule has 3 nitrogen and oxygen atoms in total. The van der Waals surface area contributed by atoms with Crippen molar-refractivity contribution in [3.05, 3.63) is 35.9 Å². The molecular formula is C17H26N2O. The van der Waals surface area contributed by atoms with Gasteiger partial charge in [0.1, 0.15) is 5.60 Å². The van der Waals surface area contributed by atoms with Crippen LogP contribution in [0.15, 0.2) is 30.3 Å². The molecule has 0 saturated heterocycles. The van der Waals surface area contributed by atoms with E-state index >= 15 is 0 Å². The van der Waals surface area contributed by atoms with Crippen molar-refractivity contribution in [2.24, 2.45) is 17.6 Å².